The molecule has 0 aliphatic heterocycles. The molecule has 0 atom stereocenters. The first-order chi connectivity index (χ1) is 31.2. The van der Waals surface area contributed by atoms with Crippen molar-refractivity contribution < 1.29 is 4.42 Å². The lowest BCUT2D eigenvalue weighted by Crippen LogP contribution is -2.00. The van der Waals surface area contributed by atoms with Crippen LogP contribution in [0.15, 0.2) is 223 Å². The van der Waals surface area contributed by atoms with Crippen molar-refractivity contribution in [1.29, 1.82) is 0 Å². The van der Waals surface area contributed by atoms with Gasteiger partial charge in [0.05, 0.1) is 11.2 Å². The van der Waals surface area contributed by atoms with E-state index in [9.17, 15) is 0 Å². The van der Waals surface area contributed by atoms with E-state index in [1.807, 2.05) is 30.3 Å². The average molecular weight is 805 g/mol. The number of pyridine rings is 1. The van der Waals surface area contributed by atoms with Gasteiger partial charge in [-0.1, -0.05) is 182 Å². The molecule has 5 nitrogen and oxygen atoms in total. The van der Waals surface area contributed by atoms with Crippen molar-refractivity contribution in [2.24, 2.45) is 0 Å². The fraction of sp³-hybridized carbons (Fsp3) is 0. The van der Waals surface area contributed by atoms with Crippen LogP contribution in [0.3, 0.4) is 0 Å². The maximum atomic E-state index is 6.69. The average Bonchev–Trinajstić information content (AvgIpc) is 3.74. The van der Waals surface area contributed by atoms with Crippen molar-refractivity contribution in [3.8, 4) is 78.8 Å². The highest BCUT2D eigenvalue weighted by Gasteiger charge is 2.23. The molecule has 294 valence electrons. The Balaban J connectivity index is 1.11. The van der Waals surface area contributed by atoms with Crippen molar-refractivity contribution in [2.45, 2.75) is 0 Å². The van der Waals surface area contributed by atoms with Crippen LogP contribution in [0, 0.1) is 0 Å². The largest absolute Gasteiger partial charge is 0.456 e. The molecule has 0 saturated heterocycles. The number of hydrogen-bond donors (Lipinski definition) is 0. The lowest BCUT2D eigenvalue weighted by atomic mass is 9.89. The molecule has 0 radical (unpaired) electrons. The quantitative estimate of drug-likeness (QED) is 0.150. The van der Waals surface area contributed by atoms with Crippen LogP contribution < -0.4 is 0 Å². The van der Waals surface area contributed by atoms with Gasteiger partial charge in [0, 0.05) is 54.7 Å². The predicted molar refractivity (Wildman–Crippen MR) is 258 cm³/mol. The fourth-order valence-electron chi connectivity index (χ4n) is 8.94. The minimum absolute atomic E-state index is 0.581. The van der Waals surface area contributed by atoms with Crippen LogP contribution in [0.1, 0.15) is 0 Å². The van der Waals surface area contributed by atoms with E-state index in [1.54, 1.807) is 0 Å². The Labute approximate surface area is 363 Å². The molecule has 0 bridgehead atoms. The van der Waals surface area contributed by atoms with Crippen LogP contribution in [0.25, 0.3) is 122 Å². The fourth-order valence-corrected chi connectivity index (χ4v) is 8.94. The number of aromatic nitrogens is 4. The summed E-state index contributed by atoms with van der Waals surface area (Å²) in [5.41, 5.74) is 13.7. The number of benzene rings is 9. The van der Waals surface area contributed by atoms with Crippen molar-refractivity contribution in [1.82, 2.24) is 19.9 Å². The molecular formula is C58H36N4O. The summed E-state index contributed by atoms with van der Waals surface area (Å²) in [7, 11) is 0. The minimum atomic E-state index is 0.581. The second kappa shape index (κ2) is 15.2. The molecule has 3 heterocycles. The normalized spacial score (nSPS) is 11.5. The molecule has 63 heavy (non-hydrogen) atoms. The standard InChI is InChI=1S/C58H36N4O/c1-4-17-37(18-5-1)40-23-14-26-43(33-40)56-60-57(44-27-15-24-41(34-44)38-19-6-2-7-20-38)62-58(61-56)45-28-16-25-42(35-45)52-53-46-29-10-12-31-49(46)59-55(39-21-8-3-9-22-39)48(53)36-51-54(52)47-30-11-13-32-50(47)63-51/h1-36H. The van der Waals surface area contributed by atoms with Gasteiger partial charge in [-0.3, -0.25) is 0 Å². The third kappa shape index (κ3) is 6.51. The summed E-state index contributed by atoms with van der Waals surface area (Å²) in [5.74, 6) is 1.78. The molecule has 0 amide bonds. The zero-order valence-electron chi connectivity index (χ0n) is 34.0. The molecule has 0 spiro atoms. The first-order valence-electron chi connectivity index (χ1n) is 21.1. The molecular weight excluding hydrogens is 769 g/mol. The predicted octanol–water partition coefficient (Wildman–Crippen LogP) is 15.1. The molecule has 12 aromatic rings. The van der Waals surface area contributed by atoms with Gasteiger partial charge in [-0.15, -0.1) is 0 Å². The Morgan fingerprint density at radius 2 is 0.714 bits per heavy atom. The lowest BCUT2D eigenvalue weighted by molar-refractivity contribution is 0.669. The van der Waals surface area contributed by atoms with Crippen LogP contribution in [-0.4, -0.2) is 19.9 Å². The van der Waals surface area contributed by atoms with E-state index in [0.29, 0.717) is 17.5 Å². The van der Waals surface area contributed by atoms with Gasteiger partial charge in [0.2, 0.25) is 0 Å². The second-order valence-corrected chi connectivity index (χ2v) is 15.8. The lowest BCUT2D eigenvalue weighted by Gasteiger charge is -2.16. The molecule has 3 aromatic heterocycles. The number of nitrogens with zero attached hydrogens (tertiary/aromatic N) is 4. The van der Waals surface area contributed by atoms with Gasteiger partial charge in [0.25, 0.3) is 0 Å². The van der Waals surface area contributed by atoms with Gasteiger partial charge in [0.1, 0.15) is 11.2 Å². The molecule has 0 unspecified atom stereocenters. The number of fused-ring (bicyclic) bond motifs is 6. The van der Waals surface area contributed by atoms with E-state index in [4.69, 9.17) is 24.4 Å². The SMILES string of the molecule is c1ccc(-c2cccc(-c3nc(-c4cccc(-c5ccccc5)c4)nc(-c4cccc(-c5c6c(cc7c(-c8ccccc8)nc8ccccc8c57)oc5ccccc56)c4)n3)c2)cc1. The Hall–Kier alpha value is -8.54. The van der Waals surface area contributed by atoms with E-state index in [0.717, 1.165) is 105 Å². The van der Waals surface area contributed by atoms with E-state index in [2.05, 4.69) is 188 Å². The van der Waals surface area contributed by atoms with Crippen molar-refractivity contribution >= 4 is 43.6 Å². The smallest absolute Gasteiger partial charge is 0.164 e. The van der Waals surface area contributed by atoms with Gasteiger partial charge >= 0.3 is 0 Å². The van der Waals surface area contributed by atoms with Crippen molar-refractivity contribution in [3.05, 3.63) is 218 Å². The van der Waals surface area contributed by atoms with Gasteiger partial charge in [-0.05, 0) is 64.2 Å². The van der Waals surface area contributed by atoms with Gasteiger partial charge in [0.15, 0.2) is 17.5 Å². The summed E-state index contributed by atoms with van der Waals surface area (Å²) >= 11 is 0. The molecule has 0 fully saturated rings. The van der Waals surface area contributed by atoms with Crippen LogP contribution in [0.5, 0.6) is 0 Å². The Morgan fingerprint density at radius 1 is 0.270 bits per heavy atom. The van der Waals surface area contributed by atoms with E-state index in [1.165, 1.54) is 0 Å². The Kier molecular flexibility index (Phi) is 8.75. The third-order valence-corrected chi connectivity index (χ3v) is 11.9. The second-order valence-electron chi connectivity index (χ2n) is 15.8. The summed E-state index contributed by atoms with van der Waals surface area (Å²) in [6.45, 7) is 0. The summed E-state index contributed by atoms with van der Waals surface area (Å²) in [4.78, 5) is 21.0. The molecule has 5 heteroatoms. The highest BCUT2D eigenvalue weighted by atomic mass is 16.3. The highest BCUT2D eigenvalue weighted by Crippen LogP contribution is 2.47. The molecule has 0 aliphatic rings. The number of para-hydroxylation sites is 2. The van der Waals surface area contributed by atoms with Crippen LogP contribution in [0.4, 0.5) is 0 Å². The van der Waals surface area contributed by atoms with Crippen molar-refractivity contribution in [2.75, 3.05) is 0 Å². The Bertz CT molecular complexity index is 3570. The summed E-state index contributed by atoms with van der Waals surface area (Å²) in [5, 5.41) is 5.31. The maximum absolute atomic E-state index is 6.69. The van der Waals surface area contributed by atoms with E-state index < -0.39 is 0 Å². The topological polar surface area (TPSA) is 64.7 Å². The van der Waals surface area contributed by atoms with E-state index >= 15 is 0 Å². The summed E-state index contributed by atoms with van der Waals surface area (Å²) in [6.07, 6.45) is 0. The zero-order valence-corrected chi connectivity index (χ0v) is 34.0. The molecule has 0 aliphatic carbocycles. The first-order valence-corrected chi connectivity index (χ1v) is 21.1. The van der Waals surface area contributed by atoms with E-state index in [-0.39, 0.29) is 0 Å². The summed E-state index contributed by atoms with van der Waals surface area (Å²) < 4.78 is 6.69. The van der Waals surface area contributed by atoms with Gasteiger partial charge in [-0.25, -0.2) is 19.9 Å². The van der Waals surface area contributed by atoms with Crippen molar-refractivity contribution in [3.63, 3.8) is 0 Å². The van der Waals surface area contributed by atoms with Gasteiger partial charge in [-0.2, -0.15) is 0 Å². The molecule has 0 N–H and O–H groups in total. The maximum Gasteiger partial charge on any atom is 0.164 e. The molecule has 0 saturated carbocycles. The highest BCUT2D eigenvalue weighted by molar-refractivity contribution is 6.27. The minimum Gasteiger partial charge on any atom is -0.456 e. The summed E-state index contributed by atoms with van der Waals surface area (Å²) in [6, 6.07) is 75.6. The zero-order chi connectivity index (χ0) is 41.7. The van der Waals surface area contributed by atoms with Crippen LogP contribution >= 0.6 is 0 Å². The molecule has 9 aromatic carbocycles. The number of hydrogen-bond acceptors (Lipinski definition) is 5. The number of rotatable bonds is 7. The first kappa shape index (κ1) is 36.3. The van der Waals surface area contributed by atoms with Crippen LogP contribution in [0.2, 0.25) is 0 Å². The monoisotopic (exact) mass is 804 g/mol. The third-order valence-electron chi connectivity index (χ3n) is 11.9. The van der Waals surface area contributed by atoms with Gasteiger partial charge < -0.3 is 4.42 Å². The molecule has 12 rings (SSSR count). The Morgan fingerprint density at radius 3 is 1.30 bits per heavy atom. The van der Waals surface area contributed by atoms with Crippen LogP contribution in [-0.2, 0) is 0 Å². The number of furan rings is 1.